The molecule has 2 aromatic heterocycles. The lowest BCUT2D eigenvalue weighted by molar-refractivity contribution is -0.606. The Morgan fingerprint density at radius 3 is 2.60 bits per heavy atom. The van der Waals surface area contributed by atoms with Crippen LogP contribution in [-0.2, 0) is 19.6 Å². The highest BCUT2D eigenvalue weighted by Gasteiger charge is 2.50. The molecule has 2 amide bonds. The summed E-state index contributed by atoms with van der Waals surface area (Å²) < 4.78 is 68.9. The van der Waals surface area contributed by atoms with Crippen molar-refractivity contribution in [2.75, 3.05) is 15.0 Å². The molecule has 0 unspecified atom stereocenters. The minimum Gasteiger partial charge on any atom is -0.619 e. The van der Waals surface area contributed by atoms with Crippen molar-refractivity contribution < 1.29 is 35.9 Å². The molecule has 2 atom stereocenters. The Labute approximate surface area is 248 Å². The third-order valence-electron chi connectivity index (χ3n) is 7.07. The number of pyridine rings is 2. The second-order valence-electron chi connectivity index (χ2n) is 10.1. The SMILES string of the molecule is N#Cc1ccnc(N2[C@H](C(=O)N(c3cc(F)c[n+]([O-])c3)[C@@H](C(=O)NC3CC(F)(F)C3)c3ccccc3Cl)CCS2(=O)=O)c1. The van der Waals surface area contributed by atoms with Crippen LogP contribution in [0.15, 0.2) is 61.1 Å². The molecule has 11 nitrogen and oxygen atoms in total. The minimum absolute atomic E-state index is 0.000169. The van der Waals surface area contributed by atoms with Gasteiger partial charge in [-0.2, -0.15) is 9.99 Å². The lowest BCUT2D eigenvalue weighted by Crippen LogP contribution is -2.56. The topological polar surface area (TPSA) is 150 Å². The van der Waals surface area contributed by atoms with Gasteiger partial charge in [0.2, 0.25) is 28.3 Å². The number of nitrogens with one attached hydrogen (secondary N) is 1. The van der Waals surface area contributed by atoms with Crippen molar-refractivity contribution in [1.29, 1.82) is 5.26 Å². The molecule has 5 rings (SSSR count). The van der Waals surface area contributed by atoms with Crippen LogP contribution in [0.25, 0.3) is 0 Å². The van der Waals surface area contributed by atoms with Crippen LogP contribution in [0, 0.1) is 22.4 Å². The Kier molecular flexibility index (Phi) is 7.93. The van der Waals surface area contributed by atoms with Crippen molar-refractivity contribution in [2.24, 2.45) is 0 Å². The van der Waals surface area contributed by atoms with Crippen molar-refractivity contribution in [1.82, 2.24) is 10.3 Å². The van der Waals surface area contributed by atoms with Gasteiger partial charge in [0.05, 0.1) is 17.4 Å². The molecule has 1 aliphatic carbocycles. The Morgan fingerprint density at radius 1 is 1.23 bits per heavy atom. The number of sulfonamides is 1. The lowest BCUT2D eigenvalue weighted by atomic mass is 9.87. The third-order valence-corrected chi connectivity index (χ3v) is 9.21. The molecule has 1 N–H and O–H groups in total. The van der Waals surface area contributed by atoms with E-state index in [1.165, 1.54) is 36.5 Å². The summed E-state index contributed by atoms with van der Waals surface area (Å²) >= 11 is 6.43. The summed E-state index contributed by atoms with van der Waals surface area (Å²) in [6.07, 6.45) is 0.946. The zero-order valence-corrected chi connectivity index (χ0v) is 23.6. The summed E-state index contributed by atoms with van der Waals surface area (Å²) in [7, 11) is -4.17. The van der Waals surface area contributed by atoms with E-state index in [0.29, 0.717) is 10.5 Å². The number of nitrogens with zero attached hydrogens (tertiary/aromatic N) is 5. The van der Waals surface area contributed by atoms with E-state index in [1.807, 2.05) is 6.07 Å². The minimum atomic E-state index is -4.17. The van der Waals surface area contributed by atoms with Gasteiger partial charge in [-0.1, -0.05) is 29.8 Å². The summed E-state index contributed by atoms with van der Waals surface area (Å²) in [5.41, 5.74) is -0.375. The van der Waals surface area contributed by atoms with Crippen LogP contribution in [0.4, 0.5) is 24.7 Å². The molecule has 1 aliphatic heterocycles. The quantitative estimate of drug-likeness (QED) is 0.310. The second-order valence-corrected chi connectivity index (χ2v) is 12.5. The van der Waals surface area contributed by atoms with Crippen molar-refractivity contribution >= 4 is 44.9 Å². The van der Waals surface area contributed by atoms with E-state index in [2.05, 4.69) is 10.3 Å². The maximum atomic E-state index is 14.6. The van der Waals surface area contributed by atoms with Crippen LogP contribution in [0.1, 0.15) is 36.4 Å². The zero-order chi connectivity index (χ0) is 31.1. The Hall–Kier alpha value is -4.42. The maximum absolute atomic E-state index is 14.6. The van der Waals surface area contributed by atoms with Gasteiger partial charge in [0.1, 0.15) is 23.6 Å². The molecule has 2 fully saturated rings. The van der Waals surface area contributed by atoms with E-state index in [9.17, 15) is 41.6 Å². The van der Waals surface area contributed by atoms with Crippen LogP contribution >= 0.6 is 11.6 Å². The molecule has 0 bridgehead atoms. The van der Waals surface area contributed by atoms with Gasteiger partial charge in [-0.25, -0.2) is 30.9 Å². The predicted octanol–water partition coefficient (Wildman–Crippen LogP) is 2.98. The van der Waals surface area contributed by atoms with Gasteiger partial charge in [-0.15, -0.1) is 0 Å². The third kappa shape index (κ3) is 6.06. The summed E-state index contributed by atoms with van der Waals surface area (Å²) in [6, 6.07) is 6.70. The van der Waals surface area contributed by atoms with Crippen molar-refractivity contribution in [3.8, 4) is 6.07 Å². The molecule has 2 aliphatic rings. The van der Waals surface area contributed by atoms with Gasteiger partial charge in [-0.05, 0) is 24.6 Å². The fourth-order valence-corrected chi connectivity index (χ4v) is 7.07. The van der Waals surface area contributed by atoms with Gasteiger partial charge in [0.25, 0.3) is 11.8 Å². The van der Waals surface area contributed by atoms with Gasteiger partial charge in [-0.3, -0.25) is 14.5 Å². The normalized spacial score (nSPS) is 19.6. The highest BCUT2D eigenvalue weighted by molar-refractivity contribution is 7.93. The van der Waals surface area contributed by atoms with Crippen molar-refractivity contribution in [2.45, 2.75) is 43.3 Å². The molecule has 224 valence electrons. The summed E-state index contributed by atoms with van der Waals surface area (Å²) in [6.45, 7) is 0. The van der Waals surface area contributed by atoms with E-state index in [4.69, 9.17) is 11.6 Å². The molecule has 3 aromatic rings. The number of amides is 2. The molecular formula is C27H22ClF3N6O5S. The molecule has 1 saturated carbocycles. The molecule has 0 radical (unpaired) electrons. The van der Waals surface area contributed by atoms with E-state index < -0.39 is 76.0 Å². The first-order chi connectivity index (χ1) is 20.3. The first-order valence-electron chi connectivity index (χ1n) is 12.8. The van der Waals surface area contributed by atoms with Crippen LogP contribution in [-0.4, -0.2) is 49.0 Å². The van der Waals surface area contributed by atoms with E-state index >= 15 is 0 Å². The van der Waals surface area contributed by atoms with Gasteiger partial charge >= 0.3 is 0 Å². The number of anilines is 2. The number of nitriles is 1. The summed E-state index contributed by atoms with van der Waals surface area (Å²) in [5.74, 6) is -6.87. The second kappa shape index (κ2) is 11.3. The predicted molar refractivity (Wildman–Crippen MR) is 147 cm³/mol. The standard InChI is InChI=1S/C27H22ClF3N6O5S/c28-21-4-2-1-3-20(21)24(25(38)34-18-11-27(30,31)12-18)36(19-10-17(29)14-35(40)15-19)26(39)22-6-8-43(41,42)37(22)23-9-16(13-32)5-7-33-23/h1-5,7,9-10,14-15,18,22,24H,6,8,11-12H2,(H,34,38)/t22-,24+/m0/s1. The Bertz CT molecular complexity index is 1730. The van der Waals surface area contributed by atoms with Crippen LogP contribution in [0.3, 0.4) is 0 Å². The highest BCUT2D eigenvalue weighted by atomic mass is 35.5. The fraction of sp³-hybridized carbons (Fsp3) is 0.296. The average molecular weight is 635 g/mol. The van der Waals surface area contributed by atoms with Crippen LogP contribution in [0.2, 0.25) is 5.02 Å². The number of aromatic nitrogens is 2. The van der Waals surface area contributed by atoms with Crippen molar-refractivity contribution in [3.63, 3.8) is 0 Å². The summed E-state index contributed by atoms with van der Waals surface area (Å²) in [5, 5.41) is 24.1. The smallest absolute Gasteiger partial charge is 0.252 e. The zero-order valence-electron chi connectivity index (χ0n) is 22.0. The fourth-order valence-electron chi connectivity index (χ4n) is 5.14. The number of halogens is 4. The monoisotopic (exact) mass is 634 g/mol. The van der Waals surface area contributed by atoms with E-state index in [0.717, 1.165) is 23.2 Å². The average Bonchev–Trinajstić information content (AvgIpc) is 3.25. The van der Waals surface area contributed by atoms with Gasteiger partial charge < -0.3 is 10.5 Å². The number of carbonyl (C=O) groups is 2. The highest BCUT2D eigenvalue weighted by Crippen LogP contribution is 2.40. The van der Waals surface area contributed by atoms with E-state index in [-0.39, 0.29) is 33.1 Å². The number of hydrogen-bond acceptors (Lipinski definition) is 7. The van der Waals surface area contributed by atoms with Crippen molar-refractivity contribution in [3.05, 3.63) is 88.2 Å². The van der Waals surface area contributed by atoms with Crippen LogP contribution < -0.4 is 19.3 Å². The maximum Gasteiger partial charge on any atom is 0.252 e. The molecule has 1 aromatic carbocycles. The van der Waals surface area contributed by atoms with Crippen LogP contribution in [0.5, 0.6) is 0 Å². The first kappa shape index (κ1) is 30.1. The lowest BCUT2D eigenvalue weighted by Gasteiger charge is -2.39. The number of benzene rings is 1. The number of carbonyl (C=O) groups excluding carboxylic acids is 2. The molecule has 3 heterocycles. The molecule has 0 spiro atoms. The first-order valence-corrected chi connectivity index (χ1v) is 14.8. The largest absolute Gasteiger partial charge is 0.619 e. The van der Waals surface area contributed by atoms with E-state index in [1.54, 1.807) is 0 Å². The Morgan fingerprint density at radius 2 is 1.95 bits per heavy atom. The molecular weight excluding hydrogens is 613 g/mol. The summed E-state index contributed by atoms with van der Waals surface area (Å²) in [4.78, 5) is 33.0. The molecule has 43 heavy (non-hydrogen) atoms. The number of rotatable bonds is 7. The van der Waals surface area contributed by atoms with Gasteiger partial charge in [0, 0.05) is 41.7 Å². The Balaban J connectivity index is 1.66. The number of alkyl halides is 2. The van der Waals surface area contributed by atoms with Gasteiger partial charge in [0.15, 0.2) is 5.82 Å². The molecule has 16 heteroatoms. The molecule has 1 saturated heterocycles. The number of hydrogen-bond donors (Lipinski definition) is 1.